The minimum Gasteiger partial charge on any atom is -0.421 e. The highest BCUT2D eigenvalue weighted by Crippen LogP contribution is 2.31. The molecule has 0 radical (unpaired) electrons. The zero-order chi connectivity index (χ0) is 18.7. The van der Waals surface area contributed by atoms with Crippen LogP contribution in [0.2, 0.25) is 5.02 Å². The molecule has 0 aromatic heterocycles. The zero-order valence-electron chi connectivity index (χ0n) is 13.8. The molecule has 0 N–H and O–H groups in total. The van der Waals surface area contributed by atoms with Crippen LogP contribution in [0.25, 0.3) is 11.1 Å². The first kappa shape index (κ1) is 18.2. The highest BCUT2D eigenvalue weighted by atomic mass is 35.5. The Morgan fingerprint density at radius 2 is 1.54 bits per heavy atom. The smallest absolute Gasteiger partial charge is 0.343 e. The topological polar surface area (TPSA) is 60.4 Å². The van der Waals surface area contributed by atoms with Crippen LogP contribution in [0.5, 0.6) is 5.75 Å². The fraction of sp³-hybridized carbons (Fsp3) is 0.0500. The molecule has 3 aromatic rings. The third-order valence-electron chi connectivity index (χ3n) is 3.76. The lowest BCUT2D eigenvalue weighted by Gasteiger charge is -2.09. The molecular weight excluding hydrogens is 372 g/mol. The maximum Gasteiger partial charge on any atom is 0.343 e. The third kappa shape index (κ3) is 4.12. The monoisotopic (exact) mass is 386 g/mol. The van der Waals surface area contributed by atoms with Gasteiger partial charge in [-0.3, -0.25) is 0 Å². The Kier molecular flexibility index (Phi) is 5.11. The van der Waals surface area contributed by atoms with Crippen LogP contribution in [-0.2, 0) is 9.84 Å². The van der Waals surface area contributed by atoms with E-state index in [2.05, 4.69) is 0 Å². The van der Waals surface area contributed by atoms with Gasteiger partial charge in [-0.25, -0.2) is 13.2 Å². The summed E-state index contributed by atoms with van der Waals surface area (Å²) < 4.78 is 28.3. The van der Waals surface area contributed by atoms with E-state index in [0.29, 0.717) is 5.02 Å². The van der Waals surface area contributed by atoms with Gasteiger partial charge in [0.2, 0.25) is 0 Å². The Balaban J connectivity index is 1.79. The molecule has 0 atom stereocenters. The van der Waals surface area contributed by atoms with Gasteiger partial charge in [0, 0.05) is 6.26 Å². The molecule has 0 spiro atoms. The van der Waals surface area contributed by atoms with E-state index < -0.39 is 15.8 Å². The molecule has 0 fully saturated rings. The average Bonchev–Trinajstić information content (AvgIpc) is 2.63. The van der Waals surface area contributed by atoms with E-state index in [4.69, 9.17) is 16.3 Å². The molecule has 4 nitrogen and oxygen atoms in total. The number of hydrogen-bond donors (Lipinski definition) is 0. The van der Waals surface area contributed by atoms with E-state index in [9.17, 15) is 13.2 Å². The maximum atomic E-state index is 12.3. The van der Waals surface area contributed by atoms with Gasteiger partial charge in [0.1, 0.15) is 5.75 Å². The predicted octanol–water partition coefficient (Wildman–Crippen LogP) is 4.63. The summed E-state index contributed by atoms with van der Waals surface area (Å²) in [5, 5.41) is 0.312. The second-order valence-electron chi connectivity index (χ2n) is 5.70. The van der Waals surface area contributed by atoms with Crippen LogP contribution in [0.1, 0.15) is 10.4 Å². The molecule has 0 aliphatic rings. The molecule has 0 unspecified atom stereocenters. The lowest BCUT2D eigenvalue weighted by atomic mass is 10.1. The standard InChI is InChI=1S/C20H15ClO4S/c1-26(23,24)17-10-7-15(8-11-17)20(22)25-19-12-9-16(13-18(19)21)14-5-3-2-4-6-14/h2-13H,1H3. The third-order valence-corrected chi connectivity index (χ3v) is 5.18. The number of carbonyl (C=O) groups excluding carboxylic acids is 1. The number of sulfone groups is 1. The minimum atomic E-state index is -3.32. The van der Waals surface area contributed by atoms with Gasteiger partial charge in [-0.1, -0.05) is 48.0 Å². The van der Waals surface area contributed by atoms with Gasteiger partial charge in [-0.15, -0.1) is 0 Å². The summed E-state index contributed by atoms with van der Waals surface area (Å²) in [6, 6.07) is 20.4. The molecular formula is C20H15ClO4S. The number of benzene rings is 3. The summed E-state index contributed by atoms with van der Waals surface area (Å²) in [4.78, 5) is 12.4. The summed E-state index contributed by atoms with van der Waals surface area (Å²) in [5.41, 5.74) is 2.15. The molecule has 0 bridgehead atoms. The number of esters is 1. The van der Waals surface area contributed by atoms with E-state index >= 15 is 0 Å². The SMILES string of the molecule is CS(=O)(=O)c1ccc(C(=O)Oc2ccc(-c3ccccc3)cc2Cl)cc1. The van der Waals surface area contributed by atoms with Crippen LogP contribution in [0, 0.1) is 0 Å². The molecule has 26 heavy (non-hydrogen) atoms. The molecule has 3 aromatic carbocycles. The highest BCUT2D eigenvalue weighted by molar-refractivity contribution is 7.90. The summed E-state index contributed by atoms with van der Waals surface area (Å²) in [6.45, 7) is 0. The summed E-state index contributed by atoms with van der Waals surface area (Å²) in [6.07, 6.45) is 1.11. The Hall–Kier alpha value is -2.63. The van der Waals surface area contributed by atoms with Crippen molar-refractivity contribution < 1.29 is 17.9 Å². The zero-order valence-corrected chi connectivity index (χ0v) is 15.4. The van der Waals surface area contributed by atoms with Crippen molar-refractivity contribution in [1.29, 1.82) is 0 Å². The Labute approximate surface area is 156 Å². The first-order valence-electron chi connectivity index (χ1n) is 7.72. The summed E-state index contributed by atoms with van der Waals surface area (Å²) in [5.74, 6) is -0.372. The van der Waals surface area contributed by atoms with Crippen molar-refractivity contribution in [3.63, 3.8) is 0 Å². The van der Waals surface area contributed by atoms with Gasteiger partial charge in [-0.05, 0) is 47.5 Å². The predicted molar refractivity (Wildman–Crippen MR) is 101 cm³/mol. The van der Waals surface area contributed by atoms with Crippen LogP contribution in [0.3, 0.4) is 0 Å². The van der Waals surface area contributed by atoms with Crippen LogP contribution < -0.4 is 4.74 Å². The van der Waals surface area contributed by atoms with Crippen molar-refractivity contribution in [2.45, 2.75) is 4.90 Å². The second-order valence-corrected chi connectivity index (χ2v) is 8.12. The fourth-order valence-corrected chi connectivity index (χ4v) is 3.24. The fourth-order valence-electron chi connectivity index (χ4n) is 2.39. The van der Waals surface area contributed by atoms with Crippen molar-refractivity contribution in [2.24, 2.45) is 0 Å². The van der Waals surface area contributed by atoms with E-state index in [1.54, 1.807) is 12.1 Å². The molecule has 132 valence electrons. The molecule has 0 saturated carbocycles. The molecule has 0 heterocycles. The van der Waals surface area contributed by atoms with E-state index in [0.717, 1.165) is 17.4 Å². The van der Waals surface area contributed by atoms with Gasteiger partial charge < -0.3 is 4.74 Å². The molecule has 0 amide bonds. The average molecular weight is 387 g/mol. The van der Waals surface area contributed by atoms with Crippen LogP contribution in [-0.4, -0.2) is 20.6 Å². The molecule has 0 aliphatic heterocycles. The Morgan fingerprint density at radius 1 is 0.885 bits per heavy atom. The second kappa shape index (κ2) is 7.32. The van der Waals surface area contributed by atoms with Gasteiger partial charge in [0.25, 0.3) is 0 Å². The lowest BCUT2D eigenvalue weighted by molar-refractivity contribution is 0.0734. The van der Waals surface area contributed by atoms with Gasteiger partial charge in [0.15, 0.2) is 9.84 Å². The van der Waals surface area contributed by atoms with Gasteiger partial charge >= 0.3 is 5.97 Å². The minimum absolute atomic E-state index is 0.138. The first-order valence-corrected chi connectivity index (χ1v) is 9.99. The molecule has 0 saturated heterocycles. The van der Waals surface area contributed by atoms with Crippen molar-refractivity contribution in [1.82, 2.24) is 0 Å². The van der Waals surface area contributed by atoms with Crippen molar-refractivity contribution in [2.75, 3.05) is 6.26 Å². The van der Waals surface area contributed by atoms with Crippen LogP contribution >= 0.6 is 11.6 Å². The number of ether oxygens (including phenoxy) is 1. The van der Waals surface area contributed by atoms with Gasteiger partial charge in [0.05, 0.1) is 15.5 Å². The van der Waals surface area contributed by atoms with Crippen molar-refractivity contribution >= 4 is 27.4 Å². The van der Waals surface area contributed by atoms with Crippen molar-refractivity contribution in [3.8, 4) is 16.9 Å². The molecule has 6 heteroatoms. The largest absolute Gasteiger partial charge is 0.421 e. The highest BCUT2D eigenvalue weighted by Gasteiger charge is 2.14. The van der Waals surface area contributed by atoms with Crippen LogP contribution in [0.15, 0.2) is 77.7 Å². The summed E-state index contributed by atoms with van der Waals surface area (Å²) >= 11 is 6.24. The number of halogens is 1. The van der Waals surface area contributed by atoms with E-state index in [-0.39, 0.29) is 16.2 Å². The normalized spacial score (nSPS) is 11.2. The quantitative estimate of drug-likeness (QED) is 0.484. The van der Waals surface area contributed by atoms with Gasteiger partial charge in [-0.2, -0.15) is 0 Å². The summed E-state index contributed by atoms with van der Waals surface area (Å²) in [7, 11) is -3.32. The Bertz CT molecular complexity index is 1040. The number of rotatable bonds is 4. The number of hydrogen-bond acceptors (Lipinski definition) is 4. The van der Waals surface area contributed by atoms with Crippen molar-refractivity contribution in [3.05, 3.63) is 83.4 Å². The van der Waals surface area contributed by atoms with E-state index in [1.165, 1.54) is 24.3 Å². The number of carbonyl (C=O) groups is 1. The maximum absolute atomic E-state index is 12.3. The van der Waals surface area contributed by atoms with E-state index in [1.807, 2.05) is 36.4 Å². The Morgan fingerprint density at radius 3 is 2.12 bits per heavy atom. The molecule has 0 aliphatic carbocycles. The molecule has 3 rings (SSSR count). The first-order chi connectivity index (χ1) is 12.3. The van der Waals surface area contributed by atoms with Crippen LogP contribution in [0.4, 0.5) is 0 Å². The lowest BCUT2D eigenvalue weighted by Crippen LogP contribution is -2.09.